The molecule has 0 saturated carbocycles. The third-order valence-electron chi connectivity index (χ3n) is 4.25. The van der Waals surface area contributed by atoms with E-state index in [1.807, 2.05) is 38.1 Å². The van der Waals surface area contributed by atoms with Crippen molar-refractivity contribution >= 4 is 17.8 Å². The number of rotatable bonds is 5. The van der Waals surface area contributed by atoms with E-state index >= 15 is 0 Å². The first-order chi connectivity index (χ1) is 12.0. The molecule has 0 fully saturated rings. The van der Waals surface area contributed by atoms with E-state index in [1.165, 1.54) is 23.3 Å². The molecule has 1 atom stereocenters. The molecule has 2 aromatic rings. The van der Waals surface area contributed by atoms with Gasteiger partial charge in [0, 0.05) is 6.54 Å². The summed E-state index contributed by atoms with van der Waals surface area (Å²) in [7, 11) is 0. The van der Waals surface area contributed by atoms with E-state index < -0.39 is 23.5 Å². The molecular formula is C20H19NO4. The molecule has 25 heavy (non-hydrogen) atoms. The Morgan fingerprint density at radius 1 is 1.28 bits per heavy atom. The smallest absolute Gasteiger partial charge is 0.290 e. The first kappa shape index (κ1) is 16.8. The number of aryl methyl sites for hydroxylation is 1. The summed E-state index contributed by atoms with van der Waals surface area (Å²) in [6.45, 7) is 4.17. The first-order valence-corrected chi connectivity index (χ1v) is 8.09. The van der Waals surface area contributed by atoms with Gasteiger partial charge in [0.2, 0.25) is 0 Å². The fourth-order valence-electron chi connectivity index (χ4n) is 2.96. The molecule has 1 unspecified atom stereocenters. The number of benzene rings is 1. The van der Waals surface area contributed by atoms with Crippen LogP contribution >= 0.6 is 0 Å². The maximum Gasteiger partial charge on any atom is 0.290 e. The Morgan fingerprint density at radius 3 is 2.60 bits per heavy atom. The molecule has 0 saturated heterocycles. The maximum absolute atomic E-state index is 12.7. The van der Waals surface area contributed by atoms with Gasteiger partial charge in [0.05, 0.1) is 17.9 Å². The third-order valence-corrected chi connectivity index (χ3v) is 4.25. The molecule has 3 rings (SSSR count). The second-order valence-corrected chi connectivity index (χ2v) is 5.88. The Kier molecular flexibility index (Phi) is 4.57. The minimum atomic E-state index is -0.591. The number of carbonyl (C=O) groups excluding carboxylic acids is 2. The molecule has 5 heteroatoms. The average molecular weight is 337 g/mol. The van der Waals surface area contributed by atoms with Crippen LogP contribution < -0.4 is 0 Å². The maximum atomic E-state index is 12.7. The topological polar surface area (TPSA) is 70.8 Å². The summed E-state index contributed by atoms with van der Waals surface area (Å²) >= 11 is 0. The van der Waals surface area contributed by atoms with Crippen LogP contribution in [0.25, 0.3) is 6.08 Å². The molecule has 2 heterocycles. The number of aliphatic hydroxyl groups excluding tert-OH is 1. The fraction of sp³-hybridized carbons (Fsp3) is 0.200. The van der Waals surface area contributed by atoms with Crippen molar-refractivity contribution in [2.24, 2.45) is 0 Å². The lowest BCUT2D eigenvalue weighted by Crippen LogP contribution is -2.30. The van der Waals surface area contributed by atoms with E-state index in [1.54, 1.807) is 12.1 Å². The highest BCUT2D eigenvalue weighted by Crippen LogP contribution is 2.37. The summed E-state index contributed by atoms with van der Waals surface area (Å²) in [6, 6.07) is 10.4. The SMILES string of the molecule is CCN1C(=O)C(O)=C(C(=O)/C=C/c2ccco2)C1c1ccc(C)cc1. The highest BCUT2D eigenvalue weighted by Gasteiger charge is 2.41. The fourth-order valence-corrected chi connectivity index (χ4v) is 2.96. The number of furan rings is 1. The molecule has 1 aliphatic rings. The number of likely N-dealkylation sites (N-methyl/N-ethyl adjacent to an activating group) is 1. The largest absolute Gasteiger partial charge is 0.503 e. The van der Waals surface area contributed by atoms with Crippen LogP contribution in [0.4, 0.5) is 0 Å². The van der Waals surface area contributed by atoms with Crippen LogP contribution in [0.2, 0.25) is 0 Å². The molecule has 0 aliphatic carbocycles. The van der Waals surface area contributed by atoms with Crippen LogP contribution in [-0.2, 0) is 9.59 Å². The number of carbonyl (C=O) groups is 2. The number of aliphatic hydroxyl groups is 1. The zero-order valence-electron chi connectivity index (χ0n) is 14.1. The summed E-state index contributed by atoms with van der Waals surface area (Å²) in [5.41, 5.74) is 1.97. The molecule has 1 amide bonds. The van der Waals surface area contributed by atoms with Crippen LogP contribution in [0.15, 0.2) is 64.5 Å². The molecule has 1 N–H and O–H groups in total. The van der Waals surface area contributed by atoms with Gasteiger partial charge >= 0.3 is 0 Å². The number of allylic oxidation sites excluding steroid dienone is 1. The molecule has 1 aromatic carbocycles. The van der Waals surface area contributed by atoms with Gasteiger partial charge in [-0.2, -0.15) is 0 Å². The highest BCUT2D eigenvalue weighted by atomic mass is 16.3. The van der Waals surface area contributed by atoms with Gasteiger partial charge < -0.3 is 14.4 Å². The van der Waals surface area contributed by atoms with Crippen LogP contribution in [0.3, 0.4) is 0 Å². The van der Waals surface area contributed by atoms with Gasteiger partial charge in [0.25, 0.3) is 5.91 Å². The Labute approximate surface area is 145 Å². The molecule has 0 bridgehead atoms. The number of amides is 1. The van der Waals surface area contributed by atoms with Gasteiger partial charge in [0.1, 0.15) is 5.76 Å². The first-order valence-electron chi connectivity index (χ1n) is 8.09. The van der Waals surface area contributed by atoms with E-state index in [0.717, 1.165) is 11.1 Å². The lowest BCUT2D eigenvalue weighted by molar-refractivity contribution is -0.129. The quantitative estimate of drug-likeness (QED) is 0.847. The van der Waals surface area contributed by atoms with Crippen molar-refractivity contribution < 1.29 is 19.1 Å². The van der Waals surface area contributed by atoms with Gasteiger partial charge in [-0.3, -0.25) is 9.59 Å². The van der Waals surface area contributed by atoms with E-state index in [-0.39, 0.29) is 5.57 Å². The van der Waals surface area contributed by atoms with Crippen molar-refractivity contribution in [2.75, 3.05) is 6.54 Å². The van der Waals surface area contributed by atoms with Gasteiger partial charge in [0.15, 0.2) is 11.5 Å². The summed E-state index contributed by atoms with van der Waals surface area (Å²) in [5.74, 6) is -0.898. The normalized spacial score (nSPS) is 17.8. The highest BCUT2D eigenvalue weighted by molar-refractivity contribution is 6.14. The zero-order valence-corrected chi connectivity index (χ0v) is 14.1. The van der Waals surface area contributed by atoms with E-state index in [4.69, 9.17) is 4.42 Å². The average Bonchev–Trinajstić information content (AvgIpc) is 3.21. The van der Waals surface area contributed by atoms with Gasteiger partial charge in [-0.25, -0.2) is 0 Å². The van der Waals surface area contributed by atoms with Crippen molar-refractivity contribution in [2.45, 2.75) is 19.9 Å². The molecule has 1 aromatic heterocycles. The molecule has 0 spiro atoms. The Hall–Kier alpha value is -3.08. The van der Waals surface area contributed by atoms with Crippen LogP contribution in [0.5, 0.6) is 0 Å². The second-order valence-electron chi connectivity index (χ2n) is 5.88. The van der Waals surface area contributed by atoms with Crippen LogP contribution in [0.1, 0.15) is 29.9 Å². The van der Waals surface area contributed by atoms with Crippen molar-refractivity contribution in [3.63, 3.8) is 0 Å². The molecular weight excluding hydrogens is 318 g/mol. The van der Waals surface area contributed by atoms with Crippen molar-refractivity contribution in [3.8, 4) is 0 Å². The predicted octanol–water partition coefficient (Wildman–Crippen LogP) is 3.59. The number of ketones is 1. The second kappa shape index (κ2) is 6.81. The zero-order chi connectivity index (χ0) is 18.0. The van der Waals surface area contributed by atoms with Crippen molar-refractivity contribution in [1.82, 2.24) is 4.90 Å². The Balaban J connectivity index is 1.99. The molecule has 1 aliphatic heterocycles. The summed E-state index contributed by atoms with van der Waals surface area (Å²) in [6.07, 6.45) is 4.35. The van der Waals surface area contributed by atoms with Gasteiger partial charge in [-0.05, 0) is 43.7 Å². The summed E-state index contributed by atoms with van der Waals surface area (Å²) in [4.78, 5) is 26.5. The molecule has 5 nitrogen and oxygen atoms in total. The van der Waals surface area contributed by atoms with Gasteiger partial charge in [-0.15, -0.1) is 0 Å². The Morgan fingerprint density at radius 2 is 2.00 bits per heavy atom. The minimum Gasteiger partial charge on any atom is -0.503 e. The number of hydrogen-bond donors (Lipinski definition) is 1. The summed E-state index contributed by atoms with van der Waals surface area (Å²) in [5, 5.41) is 10.3. The Bertz CT molecular complexity index is 844. The number of hydrogen-bond acceptors (Lipinski definition) is 4. The van der Waals surface area contributed by atoms with E-state index in [0.29, 0.717) is 12.3 Å². The molecule has 128 valence electrons. The van der Waals surface area contributed by atoms with Crippen LogP contribution in [-0.4, -0.2) is 28.2 Å². The molecule has 0 radical (unpaired) electrons. The minimum absolute atomic E-state index is 0.0958. The predicted molar refractivity (Wildman–Crippen MR) is 93.7 cm³/mol. The van der Waals surface area contributed by atoms with Crippen molar-refractivity contribution in [3.05, 3.63) is 77.0 Å². The summed E-state index contributed by atoms with van der Waals surface area (Å²) < 4.78 is 5.17. The van der Waals surface area contributed by atoms with E-state index in [2.05, 4.69) is 0 Å². The van der Waals surface area contributed by atoms with Gasteiger partial charge in [-0.1, -0.05) is 29.8 Å². The number of nitrogens with zero attached hydrogens (tertiary/aromatic N) is 1. The standard InChI is InChI=1S/C20H19NO4/c1-3-21-18(14-8-6-13(2)7-9-14)17(19(23)20(21)24)16(22)11-10-15-5-4-12-25-15/h4-12,18,23H,3H2,1-2H3/b11-10+. The van der Waals surface area contributed by atoms with Crippen LogP contribution in [0, 0.1) is 6.92 Å². The van der Waals surface area contributed by atoms with E-state index in [9.17, 15) is 14.7 Å². The third kappa shape index (κ3) is 3.13. The lowest BCUT2D eigenvalue weighted by Gasteiger charge is -2.25. The van der Waals surface area contributed by atoms with Crippen molar-refractivity contribution in [1.29, 1.82) is 0 Å². The monoisotopic (exact) mass is 337 g/mol. The lowest BCUT2D eigenvalue weighted by atomic mass is 9.95.